The molecule has 29 heavy (non-hydrogen) atoms. The summed E-state index contributed by atoms with van der Waals surface area (Å²) in [6.45, 7) is 6.31. The Morgan fingerprint density at radius 1 is 1.21 bits per heavy atom. The Balaban J connectivity index is 2.16. The second-order valence-corrected chi connectivity index (χ2v) is 7.42. The molecule has 7 heteroatoms. The number of Topliss-reactive ketones (excluding diaryl/α,β-unsaturated/α-hetero) is 1. The van der Waals surface area contributed by atoms with E-state index < -0.39 is 11.0 Å². The van der Waals surface area contributed by atoms with Gasteiger partial charge in [-0.2, -0.15) is 0 Å². The van der Waals surface area contributed by atoms with Gasteiger partial charge in [-0.3, -0.25) is 14.9 Å². The number of hydrogen-bond donors (Lipinski definition) is 1. The van der Waals surface area contributed by atoms with Crippen LogP contribution in [0.2, 0.25) is 0 Å². The van der Waals surface area contributed by atoms with Crippen molar-refractivity contribution < 1.29 is 9.72 Å². The van der Waals surface area contributed by atoms with E-state index in [-0.39, 0.29) is 11.5 Å². The minimum Gasteiger partial charge on any atom is -0.351 e. The molecule has 1 aliphatic rings. The van der Waals surface area contributed by atoms with Gasteiger partial charge in [0.1, 0.15) is 0 Å². The van der Waals surface area contributed by atoms with Crippen molar-refractivity contribution >= 4 is 28.8 Å². The number of nitro benzene ring substituents is 1. The van der Waals surface area contributed by atoms with E-state index in [1.165, 1.54) is 6.07 Å². The minimum atomic E-state index is -0.553. The number of rotatable bonds is 6. The van der Waals surface area contributed by atoms with Gasteiger partial charge in [0.25, 0.3) is 5.69 Å². The van der Waals surface area contributed by atoms with Crippen LogP contribution in [0.5, 0.6) is 0 Å². The molecular weight excluding hydrogens is 386 g/mol. The van der Waals surface area contributed by atoms with Gasteiger partial charge < -0.3 is 10.2 Å². The summed E-state index contributed by atoms with van der Waals surface area (Å²) in [5, 5.41) is 15.2. The second-order valence-electron chi connectivity index (χ2n) is 7.03. The standard InChI is InChI=1S/C22H23N3O3S/c1-4-12-24-15(3)19(21(26)16-8-6-5-7-9-16)20(23-22(24)29)17-11-10-14(2)18(13-17)25(27)28/h5-11,13,20H,4,12H2,1-3H3,(H,23,29). The first kappa shape index (κ1) is 20.7. The van der Waals surface area contributed by atoms with Crippen LogP contribution in [0.3, 0.4) is 0 Å². The third-order valence-corrected chi connectivity index (χ3v) is 5.43. The van der Waals surface area contributed by atoms with Gasteiger partial charge in [0, 0.05) is 35.0 Å². The number of ketones is 1. The first-order valence-electron chi connectivity index (χ1n) is 9.48. The van der Waals surface area contributed by atoms with E-state index in [0.717, 1.165) is 12.1 Å². The second kappa shape index (κ2) is 8.53. The van der Waals surface area contributed by atoms with Crippen LogP contribution in [0.1, 0.15) is 47.8 Å². The maximum Gasteiger partial charge on any atom is 0.272 e. The summed E-state index contributed by atoms with van der Waals surface area (Å²) >= 11 is 5.55. The number of thiocarbonyl (C=S) groups is 1. The van der Waals surface area contributed by atoms with Crippen molar-refractivity contribution in [2.75, 3.05) is 6.54 Å². The van der Waals surface area contributed by atoms with E-state index >= 15 is 0 Å². The van der Waals surface area contributed by atoms with E-state index in [2.05, 4.69) is 5.32 Å². The number of allylic oxidation sites excluding steroid dienone is 1. The quantitative estimate of drug-likeness (QED) is 0.323. The number of nitro groups is 1. The highest BCUT2D eigenvalue weighted by Gasteiger charge is 2.34. The van der Waals surface area contributed by atoms with E-state index in [1.807, 2.05) is 43.0 Å². The molecule has 0 aromatic heterocycles. The lowest BCUT2D eigenvalue weighted by Crippen LogP contribution is -2.47. The molecule has 1 unspecified atom stereocenters. The van der Waals surface area contributed by atoms with Crippen LogP contribution >= 0.6 is 12.2 Å². The molecule has 0 saturated heterocycles. The number of nitrogens with one attached hydrogen (secondary N) is 1. The van der Waals surface area contributed by atoms with Crippen LogP contribution in [-0.2, 0) is 0 Å². The van der Waals surface area contributed by atoms with Gasteiger partial charge in [-0.15, -0.1) is 0 Å². The summed E-state index contributed by atoms with van der Waals surface area (Å²) < 4.78 is 0. The summed E-state index contributed by atoms with van der Waals surface area (Å²) in [7, 11) is 0. The smallest absolute Gasteiger partial charge is 0.272 e. The molecule has 0 saturated carbocycles. The van der Waals surface area contributed by atoms with Crippen molar-refractivity contribution in [1.82, 2.24) is 10.2 Å². The first-order valence-corrected chi connectivity index (χ1v) is 9.89. The molecule has 0 radical (unpaired) electrons. The molecular formula is C22H23N3O3S. The number of hydrogen-bond acceptors (Lipinski definition) is 4. The van der Waals surface area contributed by atoms with Crippen molar-refractivity contribution in [2.45, 2.75) is 33.2 Å². The molecule has 0 fully saturated rings. The Morgan fingerprint density at radius 2 is 1.90 bits per heavy atom. The zero-order valence-corrected chi connectivity index (χ0v) is 17.5. The van der Waals surface area contributed by atoms with Crippen LogP contribution in [0.25, 0.3) is 0 Å². The summed E-state index contributed by atoms with van der Waals surface area (Å²) in [4.78, 5) is 26.4. The molecule has 0 aliphatic carbocycles. The van der Waals surface area contributed by atoms with Crippen LogP contribution in [-0.4, -0.2) is 27.3 Å². The largest absolute Gasteiger partial charge is 0.351 e. The van der Waals surface area contributed by atoms with Gasteiger partial charge in [-0.05, 0) is 38.0 Å². The monoisotopic (exact) mass is 409 g/mol. The predicted molar refractivity (Wildman–Crippen MR) is 117 cm³/mol. The van der Waals surface area contributed by atoms with Crippen molar-refractivity contribution in [3.63, 3.8) is 0 Å². The normalized spacial score (nSPS) is 16.6. The molecule has 6 nitrogen and oxygen atoms in total. The van der Waals surface area contributed by atoms with Crippen LogP contribution < -0.4 is 5.32 Å². The van der Waals surface area contributed by atoms with Crippen molar-refractivity contribution in [2.24, 2.45) is 0 Å². The number of carbonyl (C=O) groups is 1. The van der Waals surface area contributed by atoms with Gasteiger partial charge >= 0.3 is 0 Å². The predicted octanol–water partition coefficient (Wildman–Crippen LogP) is 4.70. The van der Waals surface area contributed by atoms with E-state index in [0.29, 0.717) is 33.9 Å². The summed E-state index contributed by atoms with van der Waals surface area (Å²) in [6, 6.07) is 13.5. The Labute approximate surface area is 175 Å². The third-order valence-electron chi connectivity index (χ3n) is 5.09. The Morgan fingerprint density at radius 3 is 2.52 bits per heavy atom. The highest BCUT2D eigenvalue weighted by Crippen LogP contribution is 2.35. The molecule has 0 amide bonds. The van der Waals surface area contributed by atoms with Gasteiger partial charge in [-0.25, -0.2) is 0 Å². The molecule has 1 atom stereocenters. The van der Waals surface area contributed by atoms with Gasteiger partial charge in [-0.1, -0.05) is 49.4 Å². The molecule has 2 aromatic carbocycles. The van der Waals surface area contributed by atoms with Crippen molar-refractivity contribution in [3.8, 4) is 0 Å². The number of benzene rings is 2. The lowest BCUT2D eigenvalue weighted by Gasteiger charge is -2.38. The third kappa shape index (κ3) is 4.05. The maximum atomic E-state index is 13.4. The fraction of sp³-hybridized carbons (Fsp3) is 0.273. The lowest BCUT2D eigenvalue weighted by atomic mass is 9.88. The van der Waals surface area contributed by atoms with Gasteiger partial charge in [0.15, 0.2) is 10.9 Å². The highest BCUT2D eigenvalue weighted by molar-refractivity contribution is 7.80. The molecule has 0 spiro atoms. The number of aryl methyl sites for hydroxylation is 1. The average molecular weight is 410 g/mol. The summed E-state index contributed by atoms with van der Waals surface area (Å²) in [5.41, 5.74) is 3.13. The SMILES string of the molecule is CCCN1C(=S)NC(c2ccc(C)c([N+](=O)[O-])c2)C(C(=O)c2ccccc2)=C1C. The number of nitrogens with zero attached hydrogens (tertiary/aromatic N) is 2. The van der Waals surface area contributed by atoms with Crippen molar-refractivity contribution in [3.05, 3.63) is 86.6 Å². The lowest BCUT2D eigenvalue weighted by molar-refractivity contribution is -0.385. The summed E-state index contributed by atoms with van der Waals surface area (Å²) in [5.74, 6) is -0.118. The fourth-order valence-corrected chi connectivity index (χ4v) is 3.91. The number of carbonyl (C=O) groups excluding carboxylic acids is 1. The van der Waals surface area contributed by atoms with Crippen LogP contribution in [0.4, 0.5) is 5.69 Å². The van der Waals surface area contributed by atoms with Gasteiger partial charge in [0.05, 0.1) is 11.0 Å². The maximum absolute atomic E-state index is 13.4. The summed E-state index contributed by atoms with van der Waals surface area (Å²) in [6.07, 6.45) is 0.868. The topological polar surface area (TPSA) is 75.5 Å². The molecule has 150 valence electrons. The van der Waals surface area contributed by atoms with Crippen molar-refractivity contribution in [1.29, 1.82) is 0 Å². The first-order chi connectivity index (χ1) is 13.8. The Hall–Kier alpha value is -3.06. The van der Waals surface area contributed by atoms with Crippen LogP contribution in [0, 0.1) is 17.0 Å². The van der Waals surface area contributed by atoms with E-state index in [1.54, 1.807) is 25.1 Å². The highest BCUT2D eigenvalue weighted by atomic mass is 32.1. The van der Waals surface area contributed by atoms with E-state index in [4.69, 9.17) is 12.2 Å². The molecule has 1 aliphatic heterocycles. The van der Waals surface area contributed by atoms with E-state index in [9.17, 15) is 14.9 Å². The average Bonchev–Trinajstić information content (AvgIpc) is 2.71. The zero-order chi connectivity index (χ0) is 21.1. The van der Waals surface area contributed by atoms with Gasteiger partial charge in [0.2, 0.25) is 0 Å². The molecule has 1 heterocycles. The molecule has 2 aromatic rings. The zero-order valence-electron chi connectivity index (χ0n) is 16.6. The Bertz CT molecular complexity index is 1000. The molecule has 0 bridgehead atoms. The Kier molecular flexibility index (Phi) is 6.08. The molecule has 1 N–H and O–H groups in total. The minimum absolute atomic E-state index is 0.0235. The fourth-order valence-electron chi connectivity index (χ4n) is 3.57. The van der Waals surface area contributed by atoms with Crippen LogP contribution in [0.15, 0.2) is 59.8 Å². The molecule has 3 rings (SSSR count).